The van der Waals surface area contributed by atoms with Crippen LogP contribution in [0.3, 0.4) is 0 Å². The van der Waals surface area contributed by atoms with E-state index < -0.39 is 0 Å². The molecule has 1 aliphatic heterocycles. The number of ether oxygens (including phenoxy) is 4. The van der Waals surface area contributed by atoms with Crippen molar-refractivity contribution in [2.45, 2.75) is 32.9 Å². The normalized spacial score (nSPS) is 12.8. The highest BCUT2D eigenvalue weighted by atomic mass is 16.5. The monoisotopic (exact) mass is 485 g/mol. The molecule has 0 bridgehead atoms. The molecule has 6 nitrogen and oxygen atoms in total. The van der Waals surface area contributed by atoms with E-state index in [0.29, 0.717) is 36.3 Å². The molecule has 1 aliphatic rings. The largest absolute Gasteiger partial charge is 0.493 e. The summed E-state index contributed by atoms with van der Waals surface area (Å²) in [5.41, 5.74) is 7.18. The van der Waals surface area contributed by atoms with Crippen molar-refractivity contribution in [3.05, 3.63) is 83.7 Å². The smallest absolute Gasteiger partial charge is 0.245 e. The van der Waals surface area contributed by atoms with E-state index in [1.54, 1.807) is 21.3 Å². The predicted molar refractivity (Wildman–Crippen MR) is 141 cm³/mol. The summed E-state index contributed by atoms with van der Waals surface area (Å²) in [5, 5.41) is 0. The van der Waals surface area contributed by atoms with Crippen molar-refractivity contribution >= 4 is 16.6 Å². The van der Waals surface area contributed by atoms with Crippen molar-refractivity contribution < 1.29 is 23.5 Å². The Hall–Kier alpha value is -3.93. The molecule has 4 aromatic rings. The average molecular weight is 486 g/mol. The molecule has 2 heterocycles. The van der Waals surface area contributed by atoms with Crippen LogP contribution in [0.5, 0.6) is 23.0 Å². The van der Waals surface area contributed by atoms with Gasteiger partial charge in [-0.3, -0.25) is 0 Å². The SMILES string of the molecule is COc1cc(C[n+]2cn(CC3=CCOc4ccc(C(C)C)cc43)c3ccccc32)cc(OC)c1OC. The standard InChI is InChI=1S/C30H33N2O4/c1-20(2)22-10-11-27-24(16-22)23(12-13-36-27)18-32-19-31(25-8-6-7-9-26(25)32)17-21-14-28(33-3)30(35-5)29(15-21)34-4/h6-12,14-16,19-20H,13,17-18H2,1-5H3/q+1. The summed E-state index contributed by atoms with van der Waals surface area (Å²) in [6.07, 6.45) is 4.39. The summed E-state index contributed by atoms with van der Waals surface area (Å²) in [5.74, 6) is 3.33. The Kier molecular flexibility index (Phi) is 6.59. The average Bonchev–Trinajstić information content (AvgIpc) is 3.24. The number of rotatable bonds is 8. The second kappa shape index (κ2) is 9.97. The maximum absolute atomic E-state index is 5.94. The molecule has 0 fully saturated rings. The van der Waals surface area contributed by atoms with E-state index in [2.05, 4.69) is 77.8 Å². The van der Waals surface area contributed by atoms with Crippen molar-refractivity contribution in [3.63, 3.8) is 0 Å². The van der Waals surface area contributed by atoms with E-state index in [1.165, 1.54) is 22.2 Å². The number of hydrogen-bond donors (Lipinski definition) is 0. The first-order chi connectivity index (χ1) is 17.5. The number of allylic oxidation sites excluding steroid dienone is 1. The summed E-state index contributed by atoms with van der Waals surface area (Å²) in [6.45, 7) is 6.47. The third kappa shape index (κ3) is 4.39. The summed E-state index contributed by atoms with van der Waals surface area (Å²) in [6, 6.07) is 19.1. The van der Waals surface area contributed by atoms with Gasteiger partial charge < -0.3 is 18.9 Å². The molecule has 0 radical (unpaired) electrons. The van der Waals surface area contributed by atoms with Crippen LogP contribution in [0.25, 0.3) is 16.6 Å². The Morgan fingerprint density at radius 3 is 2.39 bits per heavy atom. The minimum atomic E-state index is 0.464. The van der Waals surface area contributed by atoms with Crippen LogP contribution in [0, 0.1) is 0 Å². The van der Waals surface area contributed by atoms with Gasteiger partial charge in [0.15, 0.2) is 22.5 Å². The van der Waals surface area contributed by atoms with E-state index in [4.69, 9.17) is 18.9 Å². The third-order valence-corrected chi connectivity index (χ3v) is 6.78. The predicted octanol–water partition coefficient (Wildman–Crippen LogP) is 5.60. The van der Waals surface area contributed by atoms with E-state index in [1.807, 2.05) is 12.1 Å². The second-order valence-corrected chi connectivity index (χ2v) is 9.34. The number of hydrogen-bond acceptors (Lipinski definition) is 4. The lowest BCUT2D eigenvalue weighted by atomic mass is 9.95. The fourth-order valence-corrected chi connectivity index (χ4v) is 4.88. The molecule has 186 valence electrons. The molecular weight excluding hydrogens is 452 g/mol. The van der Waals surface area contributed by atoms with E-state index in [9.17, 15) is 0 Å². The molecule has 0 atom stereocenters. The zero-order valence-electron chi connectivity index (χ0n) is 21.6. The van der Waals surface area contributed by atoms with E-state index >= 15 is 0 Å². The van der Waals surface area contributed by atoms with Gasteiger partial charge in [0, 0.05) is 16.7 Å². The van der Waals surface area contributed by atoms with Crippen LogP contribution in [0.1, 0.15) is 36.5 Å². The Balaban J connectivity index is 1.52. The molecule has 36 heavy (non-hydrogen) atoms. The molecule has 0 saturated carbocycles. The lowest BCUT2D eigenvalue weighted by Crippen LogP contribution is -2.33. The fraction of sp³-hybridized carbons (Fsp3) is 0.300. The molecule has 0 aliphatic carbocycles. The highest BCUT2D eigenvalue weighted by Crippen LogP contribution is 2.38. The van der Waals surface area contributed by atoms with Gasteiger partial charge in [-0.25, -0.2) is 9.13 Å². The number of nitrogens with zero attached hydrogens (tertiary/aromatic N) is 2. The minimum absolute atomic E-state index is 0.464. The maximum Gasteiger partial charge on any atom is 0.245 e. The number of fused-ring (bicyclic) bond motifs is 2. The summed E-state index contributed by atoms with van der Waals surface area (Å²) in [4.78, 5) is 0. The molecule has 1 aromatic heterocycles. The van der Waals surface area contributed by atoms with Gasteiger partial charge in [-0.15, -0.1) is 0 Å². The molecule has 5 rings (SSSR count). The fourth-order valence-electron chi connectivity index (χ4n) is 4.88. The molecule has 0 N–H and O–H groups in total. The van der Waals surface area contributed by atoms with Gasteiger partial charge in [-0.2, -0.15) is 0 Å². The molecule has 0 saturated heterocycles. The van der Waals surface area contributed by atoms with Crippen LogP contribution in [-0.4, -0.2) is 32.5 Å². The van der Waals surface area contributed by atoms with Crippen molar-refractivity contribution in [1.82, 2.24) is 4.57 Å². The molecule has 0 amide bonds. The van der Waals surface area contributed by atoms with Gasteiger partial charge in [0.1, 0.15) is 25.4 Å². The second-order valence-electron chi connectivity index (χ2n) is 9.34. The van der Waals surface area contributed by atoms with Crippen LogP contribution >= 0.6 is 0 Å². The number of imidazole rings is 1. The first-order valence-electron chi connectivity index (χ1n) is 12.2. The number of aromatic nitrogens is 2. The molecule has 3 aromatic carbocycles. The first-order valence-corrected chi connectivity index (χ1v) is 12.2. The topological polar surface area (TPSA) is 45.7 Å². The van der Waals surface area contributed by atoms with Crippen molar-refractivity contribution in [2.75, 3.05) is 27.9 Å². The maximum atomic E-state index is 5.94. The highest BCUT2D eigenvalue weighted by Gasteiger charge is 2.22. The Labute approximate surface area is 212 Å². The molecule has 0 spiro atoms. The number of benzene rings is 3. The van der Waals surface area contributed by atoms with Gasteiger partial charge in [0.05, 0.1) is 21.3 Å². The van der Waals surface area contributed by atoms with Gasteiger partial charge in [0.25, 0.3) is 0 Å². The van der Waals surface area contributed by atoms with E-state index in [-0.39, 0.29) is 0 Å². The van der Waals surface area contributed by atoms with E-state index in [0.717, 1.165) is 23.4 Å². The van der Waals surface area contributed by atoms with Gasteiger partial charge >= 0.3 is 0 Å². The minimum Gasteiger partial charge on any atom is -0.493 e. The lowest BCUT2D eigenvalue weighted by molar-refractivity contribution is -0.663. The summed E-state index contributed by atoms with van der Waals surface area (Å²) >= 11 is 0. The number of para-hydroxylation sites is 2. The Morgan fingerprint density at radius 1 is 0.944 bits per heavy atom. The van der Waals surface area contributed by atoms with Gasteiger partial charge in [0.2, 0.25) is 12.1 Å². The van der Waals surface area contributed by atoms with Crippen molar-refractivity contribution in [3.8, 4) is 23.0 Å². The molecule has 6 heteroatoms. The third-order valence-electron chi connectivity index (χ3n) is 6.78. The summed E-state index contributed by atoms with van der Waals surface area (Å²) < 4.78 is 27.2. The Morgan fingerprint density at radius 2 is 1.69 bits per heavy atom. The van der Waals surface area contributed by atoms with Crippen LogP contribution < -0.4 is 23.5 Å². The van der Waals surface area contributed by atoms with Crippen LogP contribution in [0.4, 0.5) is 0 Å². The zero-order chi connectivity index (χ0) is 25.2. The van der Waals surface area contributed by atoms with Gasteiger partial charge in [-0.05, 0) is 54.0 Å². The Bertz CT molecular complexity index is 1410. The quantitative estimate of drug-likeness (QED) is 0.305. The van der Waals surface area contributed by atoms with Crippen LogP contribution in [0.2, 0.25) is 0 Å². The van der Waals surface area contributed by atoms with Crippen molar-refractivity contribution in [2.24, 2.45) is 0 Å². The molecular formula is C30H33N2O4+. The zero-order valence-corrected chi connectivity index (χ0v) is 21.6. The molecule has 0 unspecified atom stereocenters. The van der Waals surface area contributed by atoms with Gasteiger partial charge in [-0.1, -0.05) is 32.0 Å². The summed E-state index contributed by atoms with van der Waals surface area (Å²) in [7, 11) is 4.91. The lowest BCUT2D eigenvalue weighted by Gasteiger charge is -2.19. The van der Waals surface area contributed by atoms with Crippen LogP contribution in [0.15, 0.2) is 67.0 Å². The van der Waals surface area contributed by atoms with Crippen LogP contribution in [-0.2, 0) is 13.1 Å². The highest BCUT2D eigenvalue weighted by molar-refractivity contribution is 5.76. The first kappa shape index (κ1) is 23.8. The van der Waals surface area contributed by atoms with Crippen molar-refractivity contribution in [1.29, 1.82) is 0 Å². The number of methoxy groups -OCH3 is 3.